The maximum Gasteiger partial charge on any atom is 0.162 e. The SMILES string of the molecule is N#Cc1c(Cl)nsc1NCCNc1ncc(Cl)cc1Cl. The second-order valence-electron chi connectivity index (χ2n) is 3.63. The quantitative estimate of drug-likeness (QED) is 0.802. The Labute approximate surface area is 134 Å². The third-order valence-electron chi connectivity index (χ3n) is 2.27. The van der Waals surface area contributed by atoms with Crippen molar-refractivity contribution in [1.82, 2.24) is 9.36 Å². The number of rotatable bonds is 5. The van der Waals surface area contributed by atoms with E-state index in [0.29, 0.717) is 39.5 Å². The Morgan fingerprint density at radius 3 is 2.70 bits per heavy atom. The number of aromatic nitrogens is 2. The molecule has 2 rings (SSSR count). The molecule has 2 N–H and O–H groups in total. The van der Waals surface area contributed by atoms with Crippen molar-refractivity contribution in [3.05, 3.63) is 33.0 Å². The van der Waals surface area contributed by atoms with E-state index in [-0.39, 0.29) is 5.15 Å². The van der Waals surface area contributed by atoms with Crippen LogP contribution in [0.25, 0.3) is 0 Å². The highest BCUT2D eigenvalue weighted by molar-refractivity contribution is 7.10. The Balaban J connectivity index is 1.86. The molecular formula is C11H8Cl3N5S. The van der Waals surface area contributed by atoms with E-state index >= 15 is 0 Å². The number of hydrogen-bond acceptors (Lipinski definition) is 6. The second-order valence-corrected chi connectivity index (χ2v) is 5.60. The lowest BCUT2D eigenvalue weighted by atomic mass is 10.4. The number of halogens is 3. The van der Waals surface area contributed by atoms with E-state index in [4.69, 9.17) is 40.1 Å². The number of anilines is 2. The first-order chi connectivity index (χ1) is 9.61. The maximum absolute atomic E-state index is 8.92. The molecule has 0 fully saturated rings. The summed E-state index contributed by atoms with van der Waals surface area (Å²) in [5.41, 5.74) is 0.360. The molecular weight excluding hydrogens is 341 g/mol. The number of hydrogen-bond donors (Lipinski definition) is 2. The van der Waals surface area contributed by atoms with Gasteiger partial charge in [0.15, 0.2) is 5.15 Å². The van der Waals surface area contributed by atoms with Gasteiger partial charge in [-0.2, -0.15) is 9.64 Å². The average Bonchev–Trinajstić information content (AvgIpc) is 2.77. The molecule has 0 amide bonds. The minimum absolute atomic E-state index is 0.218. The van der Waals surface area contributed by atoms with Gasteiger partial charge in [-0.05, 0) is 17.6 Å². The Bertz CT molecular complexity index is 652. The summed E-state index contributed by atoms with van der Waals surface area (Å²) in [7, 11) is 0. The Kier molecular flexibility index (Phi) is 5.26. The molecule has 0 bridgehead atoms. The molecule has 5 nitrogen and oxygen atoms in total. The fourth-order valence-corrected chi connectivity index (χ4v) is 2.80. The van der Waals surface area contributed by atoms with Gasteiger partial charge in [-0.15, -0.1) is 0 Å². The number of pyridine rings is 1. The lowest BCUT2D eigenvalue weighted by Gasteiger charge is -2.08. The van der Waals surface area contributed by atoms with E-state index in [9.17, 15) is 0 Å². The van der Waals surface area contributed by atoms with Crippen LogP contribution in [0.3, 0.4) is 0 Å². The van der Waals surface area contributed by atoms with E-state index in [0.717, 1.165) is 11.5 Å². The van der Waals surface area contributed by atoms with Crippen LogP contribution in [0.2, 0.25) is 15.2 Å². The fraction of sp³-hybridized carbons (Fsp3) is 0.182. The zero-order chi connectivity index (χ0) is 14.5. The van der Waals surface area contributed by atoms with Crippen LogP contribution in [0.5, 0.6) is 0 Å². The largest absolute Gasteiger partial charge is 0.373 e. The van der Waals surface area contributed by atoms with Crippen molar-refractivity contribution in [2.45, 2.75) is 0 Å². The molecule has 9 heteroatoms. The lowest BCUT2D eigenvalue weighted by Crippen LogP contribution is -2.14. The van der Waals surface area contributed by atoms with Gasteiger partial charge in [0.05, 0.1) is 10.0 Å². The summed E-state index contributed by atoms with van der Waals surface area (Å²) < 4.78 is 3.90. The van der Waals surface area contributed by atoms with Crippen molar-refractivity contribution < 1.29 is 0 Å². The van der Waals surface area contributed by atoms with Crippen LogP contribution in [-0.4, -0.2) is 22.4 Å². The van der Waals surface area contributed by atoms with Crippen LogP contribution in [0.4, 0.5) is 10.8 Å². The fourth-order valence-electron chi connectivity index (χ4n) is 1.39. The third-order valence-corrected chi connectivity index (χ3v) is 3.95. The minimum atomic E-state index is 0.218. The van der Waals surface area contributed by atoms with E-state index < -0.39 is 0 Å². The Morgan fingerprint density at radius 1 is 1.25 bits per heavy atom. The molecule has 0 saturated heterocycles. The molecule has 0 aromatic carbocycles. The first-order valence-electron chi connectivity index (χ1n) is 5.46. The summed E-state index contributed by atoms with van der Waals surface area (Å²) in [6.45, 7) is 1.13. The zero-order valence-electron chi connectivity index (χ0n) is 9.95. The van der Waals surface area contributed by atoms with Gasteiger partial charge in [0.2, 0.25) is 0 Å². The highest BCUT2D eigenvalue weighted by Gasteiger charge is 2.10. The van der Waals surface area contributed by atoms with E-state index in [1.54, 1.807) is 6.07 Å². The predicted molar refractivity (Wildman–Crippen MR) is 83.1 cm³/mol. The smallest absolute Gasteiger partial charge is 0.162 e. The number of nitrogens with zero attached hydrogens (tertiary/aromatic N) is 3. The van der Waals surface area contributed by atoms with E-state index in [2.05, 4.69) is 20.0 Å². The van der Waals surface area contributed by atoms with Crippen molar-refractivity contribution in [1.29, 1.82) is 5.26 Å². The summed E-state index contributed by atoms with van der Waals surface area (Å²) in [6.07, 6.45) is 1.51. The normalized spacial score (nSPS) is 10.1. The van der Waals surface area contributed by atoms with E-state index in [1.807, 2.05) is 6.07 Å². The molecule has 2 aromatic rings. The van der Waals surface area contributed by atoms with Crippen LogP contribution in [-0.2, 0) is 0 Å². The molecule has 2 aromatic heterocycles. The van der Waals surface area contributed by atoms with Gasteiger partial charge in [-0.3, -0.25) is 0 Å². The molecule has 0 atom stereocenters. The van der Waals surface area contributed by atoms with Crippen molar-refractivity contribution in [3.8, 4) is 6.07 Å². The number of nitriles is 1. The minimum Gasteiger partial charge on any atom is -0.373 e. The average molecular weight is 349 g/mol. The summed E-state index contributed by atoms with van der Waals surface area (Å²) in [5.74, 6) is 0.556. The Hall–Kier alpha value is -1.26. The second kappa shape index (κ2) is 6.95. The first-order valence-corrected chi connectivity index (χ1v) is 7.36. The molecule has 0 spiro atoms. The van der Waals surface area contributed by atoms with Gasteiger partial charge >= 0.3 is 0 Å². The van der Waals surface area contributed by atoms with Gasteiger partial charge in [-0.25, -0.2) is 4.98 Å². The summed E-state index contributed by atoms with van der Waals surface area (Å²) >= 11 is 18.7. The van der Waals surface area contributed by atoms with Gasteiger partial charge in [0.25, 0.3) is 0 Å². The Morgan fingerprint density at radius 2 is 2.00 bits per heavy atom. The molecule has 0 aliphatic rings. The summed E-state index contributed by atoms with van der Waals surface area (Å²) in [6, 6.07) is 3.62. The van der Waals surface area contributed by atoms with Gasteiger partial charge in [-0.1, -0.05) is 34.8 Å². The maximum atomic E-state index is 8.92. The molecule has 0 aliphatic carbocycles. The van der Waals surface area contributed by atoms with Crippen LogP contribution < -0.4 is 10.6 Å². The molecule has 0 radical (unpaired) electrons. The molecule has 0 aliphatic heterocycles. The summed E-state index contributed by atoms with van der Waals surface area (Å²) in [5, 5.41) is 16.9. The molecule has 20 heavy (non-hydrogen) atoms. The standard InChI is InChI=1S/C11H8Cl3N5S/c12-6-3-8(13)10(18-5-6)16-1-2-17-11-7(4-15)9(14)19-20-11/h3,5,17H,1-2H2,(H,16,18). The van der Waals surface area contributed by atoms with Crippen LogP contribution in [0.1, 0.15) is 5.56 Å². The molecule has 104 valence electrons. The number of nitrogens with one attached hydrogen (secondary N) is 2. The highest BCUT2D eigenvalue weighted by Crippen LogP contribution is 2.27. The van der Waals surface area contributed by atoms with Crippen molar-refractivity contribution in [2.75, 3.05) is 23.7 Å². The summed E-state index contributed by atoms with van der Waals surface area (Å²) in [4.78, 5) is 4.07. The van der Waals surface area contributed by atoms with Crippen LogP contribution in [0, 0.1) is 11.3 Å². The lowest BCUT2D eigenvalue weighted by molar-refractivity contribution is 1.06. The zero-order valence-corrected chi connectivity index (χ0v) is 13.0. The molecule has 0 unspecified atom stereocenters. The van der Waals surface area contributed by atoms with Crippen LogP contribution >= 0.6 is 46.3 Å². The van der Waals surface area contributed by atoms with Gasteiger partial charge < -0.3 is 10.6 Å². The monoisotopic (exact) mass is 347 g/mol. The highest BCUT2D eigenvalue weighted by atomic mass is 35.5. The van der Waals surface area contributed by atoms with E-state index in [1.165, 1.54) is 6.20 Å². The first kappa shape index (κ1) is 15.1. The van der Waals surface area contributed by atoms with Gasteiger partial charge in [0.1, 0.15) is 22.5 Å². The third kappa shape index (κ3) is 3.64. The van der Waals surface area contributed by atoms with Crippen molar-refractivity contribution >= 4 is 57.2 Å². The molecule has 2 heterocycles. The molecule has 0 saturated carbocycles. The van der Waals surface area contributed by atoms with Crippen LogP contribution in [0.15, 0.2) is 12.3 Å². The van der Waals surface area contributed by atoms with Gasteiger partial charge in [0, 0.05) is 19.3 Å². The van der Waals surface area contributed by atoms with Crippen molar-refractivity contribution in [2.24, 2.45) is 0 Å². The van der Waals surface area contributed by atoms with Crippen molar-refractivity contribution in [3.63, 3.8) is 0 Å². The predicted octanol–water partition coefficient (Wildman–Crippen LogP) is 3.89. The topological polar surface area (TPSA) is 73.6 Å².